The average Bonchev–Trinajstić information content (AvgIpc) is 2.75. The molecule has 2 aromatic carbocycles. The summed E-state index contributed by atoms with van der Waals surface area (Å²) in [5.74, 6) is 0.586. The number of hydrogen-bond donors (Lipinski definition) is 2. The van der Waals surface area contributed by atoms with Gasteiger partial charge in [-0.1, -0.05) is 29.3 Å². The van der Waals surface area contributed by atoms with Gasteiger partial charge in [0, 0.05) is 23.6 Å². The number of carbonyl (C=O) groups excluding carboxylic acids is 1. The fourth-order valence-electron chi connectivity index (χ4n) is 2.92. The van der Waals surface area contributed by atoms with Gasteiger partial charge in [0.1, 0.15) is 18.0 Å². The molecule has 7 nitrogen and oxygen atoms in total. The number of urea groups is 1. The summed E-state index contributed by atoms with van der Waals surface area (Å²) in [4.78, 5) is 28.8. The van der Waals surface area contributed by atoms with Gasteiger partial charge in [-0.25, -0.2) is 9.78 Å². The Hall–Kier alpha value is -3.84. The molecule has 0 spiro atoms. The van der Waals surface area contributed by atoms with E-state index < -0.39 is 0 Å². The van der Waals surface area contributed by atoms with Gasteiger partial charge in [0.2, 0.25) is 0 Å². The maximum Gasteiger partial charge on any atom is 0.323 e. The minimum absolute atomic E-state index is 0.134. The van der Waals surface area contributed by atoms with E-state index in [2.05, 4.69) is 15.6 Å². The number of benzene rings is 2. The smallest absolute Gasteiger partial charge is 0.323 e. The molecule has 0 unspecified atom stereocenters. The number of ether oxygens (including phenoxy) is 1. The van der Waals surface area contributed by atoms with E-state index >= 15 is 0 Å². The van der Waals surface area contributed by atoms with Crippen molar-refractivity contribution in [3.8, 4) is 5.75 Å². The molecular weight excluding hydrogens is 416 g/mol. The van der Waals surface area contributed by atoms with Crippen LogP contribution in [0.4, 0.5) is 16.2 Å². The predicted octanol–water partition coefficient (Wildman–Crippen LogP) is 4.88. The van der Waals surface area contributed by atoms with Gasteiger partial charge in [-0.2, -0.15) is 0 Å². The van der Waals surface area contributed by atoms with Crippen molar-refractivity contribution in [3.05, 3.63) is 99.6 Å². The van der Waals surface area contributed by atoms with Crippen molar-refractivity contribution in [3.63, 3.8) is 0 Å². The first-order valence-electron chi connectivity index (χ1n) is 9.52. The standard InChI is InChI=1S/C23H19ClN4O3/c1-15-2-5-17(6-3-15)26-23(30)27-18-7-9-20(10-8-18)31-14-19-12-22(29)28-13-16(24)4-11-21(28)25-19/h2-13H,14H2,1H3,(H2,26,27,30). The topological polar surface area (TPSA) is 84.7 Å². The van der Waals surface area contributed by atoms with Crippen LogP contribution in [-0.2, 0) is 6.61 Å². The van der Waals surface area contributed by atoms with E-state index in [1.807, 2.05) is 31.2 Å². The first-order chi connectivity index (χ1) is 15.0. The number of anilines is 2. The summed E-state index contributed by atoms with van der Waals surface area (Å²) in [5.41, 5.74) is 3.22. The van der Waals surface area contributed by atoms with Crippen LogP contribution in [-0.4, -0.2) is 15.4 Å². The third-order valence-corrected chi connectivity index (χ3v) is 4.71. The van der Waals surface area contributed by atoms with E-state index in [0.717, 1.165) is 5.56 Å². The molecular formula is C23H19ClN4O3. The van der Waals surface area contributed by atoms with Crippen molar-refractivity contribution in [2.24, 2.45) is 0 Å². The average molecular weight is 435 g/mol. The fourth-order valence-corrected chi connectivity index (χ4v) is 3.08. The SMILES string of the molecule is Cc1ccc(NC(=O)Nc2ccc(OCc3cc(=O)n4cc(Cl)ccc4n3)cc2)cc1. The number of rotatable bonds is 5. The minimum Gasteiger partial charge on any atom is -0.487 e. The molecule has 4 aromatic rings. The summed E-state index contributed by atoms with van der Waals surface area (Å²) in [7, 11) is 0. The van der Waals surface area contributed by atoms with Gasteiger partial charge in [-0.15, -0.1) is 0 Å². The molecule has 0 bridgehead atoms. The molecule has 0 atom stereocenters. The molecule has 2 heterocycles. The van der Waals surface area contributed by atoms with Crippen LogP contribution in [0.15, 0.2) is 77.7 Å². The number of nitrogens with one attached hydrogen (secondary N) is 2. The molecule has 2 amide bonds. The number of fused-ring (bicyclic) bond motifs is 1. The monoisotopic (exact) mass is 434 g/mol. The number of nitrogens with zero attached hydrogens (tertiary/aromatic N) is 2. The highest BCUT2D eigenvalue weighted by molar-refractivity contribution is 6.30. The van der Waals surface area contributed by atoms with Crippen molar-refractivity contribution < 1.29 is 9.53 Å². The van der Waals surface area contributed by atoms with Gasteiger partial charge >= 0.3 is 6.03 Å². The van der Waals surface area contributed by atoms with E-state index in [1.54, 1.807) is 36.4 Å². The number of halogens is 1. The van der Waals surface area contributed by atoms with Crippen LogP contribution in [0, 0.1) is 6.92 Å². The first kappa shape index (κ1) is 20.4. The predicted molar refractivity (Wildman–Crippen MR) is 121 cm³/mol. The molecule has 0 aliphatic heterocycles. The molecule has 31 heavy (non-hydrogen) atoms. The zero-order valence-electron chi connectivity index (χ0n) is 16.6. The Bertz CT molecular complexity index is 1290. The highest BCUT2D eigenvalue weighted by Gasteiger charge is 2.06. The molecule has 156 valence electrons. The second-order valence-corrected chi connectivity index (χ2v) is 7.36. The van der Waals surface area contributed by atoms with E-state index in [-0.39, 0.29) is 18.2 Å². The van der Waals surface area contributed by atoms with E-state index in [9.17, 15) is 9.59 Å². The van der Waals surface area contributed by atoms with Crippen molar-refractivity contribution in [2.75, 3.05) is 10.6 Å². The van der Waals surface area contributed by atoms with E-state index in [4.69, 9.17) is 16.3 Å². The molecule has 0 saturated heterocycles. The number of carbonyl (C=O) groups is 1. The third kappa shape index (κ3) is 5.21. The fraction of sp³-hybridized carbons (Fsp3) is 0.0870. The molecule has 0 radical (unpaired) electrons. The summed E-state index contributed by atoms with van der Waals surface area (Å²) in [6.07, 6.45) is 1.53. The zero-order valence-corrected chi connectivity index (χ0v) is 17.4. The Kier molecular flexibility index (Phi) is 5.86. The Balaban J connectivity index is 1.36. The van der Waals surface area contributed by atoms with E-state index in [0.29, 0.717) is 33.5 Å². The van der Waals surface area contributed by atoms with Crippen LogP contribution in [0.2, 0.25) is 5.02 Å². The second-order valence-electron chi connectivity index (χ2n) is 6.92. The molecule has 4 rings (SSSR count). The maximum absolute atomic E-state index is 12.2. The molecule has 0 saturated carbocycles. The highest BCUT2D eigenvalue weighted by Crippen LogP contribution is 2.18. The second kappa shape index (κ2) is 8.89. The highest BCUT2D eigenvalue weighted by atomic mass is 35.5. The van der Waals surface area contributed by atoms with Crippen LogP contribution < -0.4 is 20.9 Å². The van der Waals surface area contributed by atoms with Crippen molar-refractivity contribution in [1.29, 1.82) is 0 Å². The third-order valence-electron chi connectivity index (χ3n) is 4.48. The van der Waals surface area contributed by atoms with Gasteiger partial charge in [0.15, 0.2) is 0 Å². The van der Waals surface area contributed by atoms with Gasteiger partial charge in [0.05, 0.1) is 10.7 Å². The molecule has 0 fully saturated rings. The van der Waals surface area contributed by atoms with E-state index in [1.165, 1.54) is 16.7 Å². The van der Waals surface area contributed by atoms with Gasteiger partial charge in [0.25, 0.3) is 5.56 Å². The number of aryl methyl sites for hydroxylation is 1. The lowest BCUT2D eigenvalue weighted by Gasteiger charge is -2.10. The lowest BCUT2D eigenvalue weighted by Crippen LogP contribution is -2.19. The zero-order chi connectivity index (χ0) is 21.8. The van der Waals surface area contributed by atoms with Crippen LogP contribution in [0.1, 0.15) is 11.3 Å². The summed E-state index contributed by atoms with van der Waals surface area (Å²) in [6, 6.07) is 18.9. The quantitative estimate of drug-likeness (QED) is 0.469. The Morgan fingerprint density at radius 1 is 1.00 bits per heavy atom. The van der Waals surface area contributed by atoms with Crippen LogP contribution in [0.25, 0.3) is 5.65 Å². The molecule has 8 heteroatoms. The lowest BCUT2D eigenvalue weighted by molar-refractivity contribution is 0.262. The maximum atomic E-state index is 12.2. The molecule has 2 aromatic heterocycles. The first-order valence-corrected chi connectivity index (χ1v) is 9.89. The molecule has 0 aliphatic carbocycles. The number of pyridine rings is 1. The summed E-state index contributed by atoms with van der Waals surface area (Å²) in [6.45, 7) is 2.12. The normalized spacial score (nSPS) is 10.6. The van der Waals surface area contributed by atoms with Crippen molar-refractivity contribution >= 4 is 34.7 Å². The Labute approximate surface area is 183 Å². The van der Waals surface area contributed by atoms with Crippen LogP contribution >= 0.6 is 11.6 Å². The van der Waals surface area contributed by atoms with Crippen molar-refractivity contribution in [2.45, 2.75) is 13.5 Å². The summed E-state index contributed by atoms with van der Waals surface area (Å²) < 4.78 is 7.10. The van der Waals surface area contributed by atoms with Gasteiger partial charge in [-0.05, 0) is 55.5 Å². The largest absolute Gasteiger partial charge is 0.487 e. The van der Waals surface area contributed by atoms with Crippen molar-refractivity contribution in [1.82, 2.24) is 9.38 Å². The Morgan fingerprint density at radius 2 is 1.65 bits per heavy atom. The summed E-state index contributed by atoms with van der Waals surface area (Å²) in [5, 5.41) is 6.00. The summed E-state index contributed by atoms with van der Waals surface area (Å²) >= 11 is 5.92. The van der Waals surface area contributed by atoms with Gasteiger partial charge in [-0.3, -0.25) is 9.20 Å². The van der Waals surface area contributed by atoms with Crippen LogP contribution in [0.3, 0.4) is 0 Å². The Morgan fingerprint density at radius 3 is 2.32 bits per heavy atom. The van der Waals surface area contributed by atoms with Crippen LogP contribution in [0.5, 0.6) is 5.75 Å². The number of amides is 2. The molecule has 2 N–H and O–H groups in total. The number of aromatic nitrogens is 2. The lowest BCUT2D eigenvalue weighted by atomic mass is 10.2. The van der Waals surface area contributed by atoms with Gasteiger partial charge < -0.3 is 15.4 Å². The minimum atomic E-state index is -0.335. The molecule has 0 aliphatic rings. The number of hydrogen-bond acceptors (Lipinski definition) is 4.